The second-order valence-electron chi connectivity index (χ2n) is 5.22. The molecule has 0 bridgehead atoms. The van der Waals surface area contributed by atoms with E-state index in [9.17, 15) is 10.1 Å². The number of ether oxygens (including phenoxy) is 1. The molecule has 1 saturated heterocycles. The van der Waals surface area contributed by atoms with Gasteiger partial charge >= 0.3 is 0 Å². The maximum absolute atomic E-state index is 11.6. The predicted octanol–water partition coefficient (Wildman–Crippen LogP) is 0.609. The van der Waals surface area contributed by atoms with Gasteiger partial charge in [0.25, 0.3) is 0 Å². The van der Waals surface area contributed by atoms with E-state index in [2.05, 4.69) is 16.3 Å². The largest absolute Gasteiger partial charge is 0.497 e. The molecule has 0 aromatic heterocycles. The van der Waals surface area contributed by atoms with Crippen molar-refractivity contribution in [3.63, 3.8) is 0 Å². The summed E-state index contributed by atoms with van der Waals surface area (Å²) >= 11 is 0. The number of nitrogens with one attached hydrogen (secondary N) is 1. The Morgan fingerprint density at radius 2 is 2.38 bits per heavy atom. The first-order chi connectivity index (χ1) is 10.0. The molecule has 6 nitrogen and oxygen atoms in total. The van der Waals surface area contributed by atoms with Crippen LogP contribution in [0.2, 0.25) is 0 Å². The van der Waals surface area contributed by atoms with E-state index in [4.69, 9.17) is 10.5 Å². The Labute approximate surface area is 124 Å². The van der Waals surface area contributed by atoms with Gasteiger partial charge in [-0.3, -0.25) is 4.79 Å². The molecule has 112 valence electrons. The molecule has 6 heteroatoms. The summed E-state index contributed by atoms with van der Waals surface area (Å²) in [7, 11) is 1.57. The fourth-order valence-electron chi connectivity index (χ4n) is 2.44. The molecule has 0 saturated carbocycles. The van der Waals surface area contributed by atoms with Crippen LogP contribution in [-0.4, -0.2) is 38.2 Å². The van der Waals surface area contributed by atoms with Gasteiger partial charge in [0.05, 0.1) is 24.4 Å². The summed E-state index contributed by atoms with van der Waals surface area (Å²) in [6.45, 7) is 3.14. The zero-order valence-electron chi connectivity index (χ0n) is 12.3. The molecule has 1 fully saturated rings. The third kappa shape index (κ3) is 3.44. The summed E-state index contributed by atoms with van der Waals surface area (Å²) in [5.74, 6) is 0.522. The molecule has 2 rings (SSSR count). The highest BCUT2D eigenvalue weighted by Crippen LogP contribution is 2.27. The van der Waals surface area contributed by atoms with E-state index in [1.165, 1.54) is 0 Å². The number of anilines is 1. The normalized spacial score (nSPS) is 19.0. The summed E-state index contributed by atoms with van der Waals surface area (Å²) < 4.78 is 5.13. The van der Waals surface area contributed by atoms with Crippen molar-refractivity contribution in [1.82, 2.24) is 5.32 Å². The fourth-order valence-corrected chi connectivity index (χ4v) is 2.44. The molecule has 1 aromatic carbocycles. The number of benzene rings is 1. The smallest absolute Gasteiger partial charge is 0.236 e. The Morgan fingerprint density at radius 3 is 3.00 bits per heavy atom. The molecule has 0 aliphatic carbocycles. The minimum atomic E-state index is -0.505. The Bertz CT molecular complexity index is 565. The summed E-state index contributed by atoms with van der Waals surface area (Å²) in [6, 6.07) is 7.20. The maximum Gasteiger partial charge on any atom is 0.236 e. The van der Waals surface area contributed by atoms with Gasteiger partial charge in [0.2, 0.25) is 5.91 Å². The lowest BCUT2D eigenvalue weighted by Crippen LogP contribution is -2.44. The van der Waals surface area contributed by atoms with Crippen molar-refractivity contribution in [2.45, 2.75) is 25.4 Å². The molecule has 1 aliphatic heterocycles. The van der Waals surface area contributed by atoms with Crippen LogP contribution in [0.25, 0.3) is 0 Å². The molecule has 21 heavy (non-hydrogen) atoms. The van der Waals surface area contributed by atoms with Crippen LogP contribution in [0.3, 0.4) is 0 Å². The van der Waals surface area contributed by atoms with Crippen LogP contribution in [0.4, 0.5) is 5.69 Å². The molecule has 1 heterocycles. The minimum absolute atomic E-state index is 0.0668. The van der Waals surface area contributed by atoms with Crippen LogP contribution < -0.4 is 20.7 Å². The topological polar surface area (TPSA) is 91.4 Å². The van der Waals surface area contributed by atoms with Crippen LogP contribution in [0, 0.1) is 11.3 Å². The van der Waals surface area contributed by atoms with E-state index in [-0.39, 0.29) is 11.9 Å². The summed E-state index contributed by atoms with van der Waals surface area (Å²) in [6.07, 6.45) is 0.843. The van der Waals surface area contributed by atoms with Gasteiger partial charge in [-0.1, -0.05) is 0 Å². The minimum Gasteiger partial charge on any atom is -0.497 e. The van der Waals surface area contributed by atoms with E-state index >= 15 is 0 Å². The van der Waals surface area contributed by atoms with Crippen LogP contribution >= 0.6 is 0 Å². The van der Waals surface area contributed by atoms with Crippen molar-refractivity contribution < 1.29 is 9.53 Å². The highest BCUT2D eigenvalue weighted by Gasteiger charge is 2.26. The number of amides is 1. The second kappa shape index (κ2) is 6.46. The van der Waals surface area contributed by atoms with Gasteiger partial charge in [-0.2, -0.15) is 5.26 Å². The lowest BCUT2D eigenvalue weighted by atomic mass is 10.1. The van der Waals surface area contributed by atoms with Crippen LogP contribution in [0.15, 0.2) is 18.2 Å². The molecule has 2 atom stereocenters. The van der Waals surface area contributed by atoms with Crippen LogP contribution in [0.5, 0.6) is 5.75 Å². The van der Waals surface area contributed by atoms with Crippen molar-refractivity contribution in [3.05, 3.63) is 23.8 Å². The molecule has 0 radical (unpaired) electrons. The highest BCUT2D eigenvalue weighted by molar-refractivity contribution is 5.81. The van der Waals surface area contributed by atoms with Gasteiger partial charge in [-0.25, -0.2) is 0 Å². The van der Waals surface area contributed by atoms with Crippen molar-refractivity contribution in [2.75, 3.05) is 25.1 Å². The average Bonchev–Trinajstić information content (AvgIpc) is 2.94. The van der Waals surface area contributed by atoms with Gasteiger partial charge in [0.15, 0.2) is 0 Å². The first-order valence-electron chi connectivity index (χ1n) is 6.94. The number of nitrogens with zero attached hydrogens (tertiary/aromatic N) is 2. The number of hydrogen-bond acceptors (Lipinski definition) is 5. The van der Waals surface area contributed by atoms with Gasteiger partial charge in [-0.05, 0) is 31.5 Å². The van der Waals surface area contributed by atoms with Crippen molar-refractivity contribution in [3.8, 4) is 11.8 Å². The second-order valence-corrected chi connectivity index (χ2v) is 5.22. The van der Waals surface area contributed by atoms with Crippen molar-refractivity contribution in [2.24, 2.45) is 5.73 Å². The first kappa shape index (κ1) is 15.1. The number of nitrogens with two attached hydrogens (primary N) is 1. The quantitative estimate of drug-likeness (QED) is 0.847. The third-order valence-corrected chi connectivity index (χ3v) is 3.61. The van der Waals surface area contributed by atoms with Crippen LogP contribution in [0.1, 0.15) is 18.9 Å². The Morgan fingerprint density at radius 1 is 1.62 bits per heavy atom. The molecular formula is C15H20N4O2. The standard InChI is InChI=1S/C15H20N4O2/c1-10(17)15(20)18-12-5-6-19(9-12)14-4-3-13(21-2)7-11(14)8-16/h3-4,7,10,12H,5-6,9,17H2,1-2H3,(H,18,20). The van der Waals surface area contributed by atoms with E-state index in [0.29, 0.717) is 17.9 Å². The lowest BCUT2D eigenvalue weighted by Gasteiger charge is -2.21. The van der Waals surface area contributed by atoms with Gasteiger partial charge < -0.3 is 20.7 Å². The first-order valence-corrected chi connectivity index (χ1v) is 6.94. The zero-order chi connectivity index (χ0) is 15.4. The molecule has 3 N–H and O–H groups in total. The maximum atomic E-state index is 11.6. The van der Waals surface area contributed by atoms with E-state index < -0.39 is 6.04 Å². The SMILES string of the molecule is COc1ccc(N2CCC(NC(=O)C(C)N)C2)c(C#N)c1. The Kier molecular flexibility index (Phi) is 4.66. The fraction of sp³-hybridized carbons (Fsp3) is 0.467. The summed E-state index contributed by atoms with van der Waals surface area (Å²) in [4.78, 5) is 13.7. The number of nitriles is 1. The Balaban J connectivity index is 2.08. The molecule has 1 aliphatic rings. The number of carbonyl (C=O) groups is 1. The third-order valence-electron chi connectivity index (χ3n) is 3.61. The van der Waals surface area contributed by atoms with E-state index in [1.54, 1.807) is 20.1 Å². The molecule has 1 aromatic rings. The molecule has 1 amide bonds. The molecule has 2 unspecified atom stereocenters. The van der Waals surface area contributed by atoms with Crippen LogP contribution in [-0.2, 0) is 4.79 Å². The van der Waals surface area contributed by atoms with Gasteiger partial charge in [-0.15, -0.1) is 0 Å². The van der Waals surface area contributed by atoms with Crippen molar-refractivity contribution in [1.29, 1.82) is 5.26 Å². The molecule has 0 spiro atoms. The van der Waals surface area contributed by atoms with Crippen molar-refractivity contribution >= 4 is 11.6 Å². The number of carbonyl (C=O) groups excluding carboxylic acids is 1. The summed E-state index contributed by atoms with van der Waals surface area (Å²) in [5.41, 5.74) is 7.00. The lowest BCUT2D eigenvalue weighted by molar-refractivity contribution is -0.122. The monoisotopic (exact) mass is 288 g/mol. The number of methoxy groups -OCH3 is 1. The van der Waals surface area contributed by atoms with Gasteiger partial charge in [0, 0.05) is 19.1 Å². The highest BCUT2D eigenvalue weighted by atomic mass is 16.5. The van der Waals surface area contributed by atoms with Gasteiger partial charge in [0.1, 0.15) is 11.8 Å². The Hall–Kier alpha value is -2.26. The number of hydrogen-bond donors (Lipinski definition) is 2. The summed E-state index contributed by atoms with van der Waals surface area (Å²) in [5, 5.41) is 12.2. The average molecular weight is 288 g/mol. The zero-order valence-corrected chi connectivity index (χ0v) is 12.3. The molecular weight excluding hydrogens is 268 g/mol. The predicted molar refractivity (Wildman–Crippen MR) is 80.1 cm³/mol. The van der Waals surface area contributed by atoms with E-state index in [0.717, 1.165) is 18.7 Å². The van der Waals surface area contributed by atoms with E-state index in [1.807, 2.05) is 12.1 Å². The number of rotatable bonds is 4.